The molecule has 3 heterocycles. The van der Waals surface area contributed by atoms with Crippen LogP contribution in [-0.2, 0) is 18.3 Å². The Hall–Kier alpha value is -1.17. The zero-order valence-electron chi connectivity index (χ0n) is 12.1. The molecule has 23 heavy (non-hydrogen) atoms. The van der Waals surface area contributed by atoms with Crippen LogP contribution in [0, 0.1) is 0 Å². The quantitative estimate of drug-likeness (QED) is 0.467. The van der Waals surface area contributed by atoms with Crippen molar-refractivity contribution in [1.29, 1.82) is 0 Å². The van der Waals surface area contributed by atoms with Crippen LogP contribution in [0.15, 0.2) is 21.9 Å². The van der Waals surface area contributed by atoms with Gasteiger partial charge in [0.2, 0.25) is 0 Å². The summed E-state index contributed by atoms with van der Waals surface area (Å²) < 4.78 is 21.7. The molecule has 0 radical (unpaired) electrons. The normalized spacial score (nSPS) is 36.3. The second-order valence-corrected chi connectivity index (χ2v) is 7.41. The Labute approximate surface area is 129 Å². The van der Waals surface area contributed by atoms with Crippen molar-refractivity contribution < 1.29 is 33.2 Å². The summed E-state index contributed by atoms with van der Waals surface area (Å²) in [6, 6.07) is 1.10. The molecule has 4 atom stereocenters. The Balaban J connectivity index is 1.98. The number of aliphatic hydroxyl groups excluding tert-OH is 1. The van der Waals surface area contributed by atoms with Crippen LogP contribution >= 0.6 is 7.74 Å². The van der Waals surface area contributed by atoms with Crippen molar-refractivity contribution in [3.05, 3.63) is 33.1 Å². The summed E-state index contributed by atoms with van der Waals surface area (Å²) in [6.45, 7) is 0.932. The summed E-state index contributed by atoms with van der Waals surface area (Å²) in [4.78, 5) is 45.5. The predicted octanol–water partition coefficient (Wildman–Crippen LogP) is -1.64. The van der Waals surface area contributed by atoms with Crippen molar-refractivity contribution in [2.24, 2.45) is 0 Å². The second-order valence-electron chi connectivity index (χ2n) is 5.13. The minimum absolute atomic E-state index is 0.0851. The maximum atomic E-state index is 11.9. The van der Waals surface area contributed by atoms with E-state index >= 15 is 0 Å². The molecule has 130 valence electrons. The summed E-state index contributed by atoms with van der Waals surface area (Å²) in [5.74, 6) is 0. The number of aromatic nitrogens is 2. The molecule has 0 aromatic carbocycles. The molecule has 11 nitrogen and oxygen atoms in total. The Bertz CT molecular complexity index is 716. The Morgan fingerprint density at radius 1 is 1.35 bits per heavy atom. The van der Waals surface area contributed by atoms with E-state index < -0.39 is 50.1 Å². The van der Waals surface area contributed by atoms with E-state index in [9.17, 15) is 24.5 Å². The molecule has 1 aromatic rings. The first-order valence-corrected chi connectivity index (χ1v) is 8.78. The van der Waals surface area contributed by atoms with E-state index in [0.29, 0.717) is 0 Å². The number of fused-ring (bicyclic) bond motifs is 1. The fourth-order valence-electron chi connectivity index (χ4n) is 2.67. The molecule has 2 fully saturated rings. The molecule has 2 aliphatic heterocycles. The van der Waals surface area contributed by atoms with Gasteiger partial charge in [0.1, 0.15) is 0 Å². The fraction of sp³-hybridized carbons (Fsp3) is 0.636. The number of aliphatic hydroxyl groups is 1. The first kappa shape index (κ1) is 16.7. The van der Waals surface area contributed by atoms with Crippen LogP contribution in [-0.4, -0.2) is 56.0 Å². The van der Waals surface area contributed by atoms with E-state index in [1.165, 1.54) is 13.1 Å². The summed E-state index contributed by atoms with van der Waals surface area (Å²) in [7, 11) is -5.30. The van der Waals surface area contributed by atoms with Gasteiger partial charge in [0.15, 0.2) is 0 Å². The summed E-state index contributed by atoms with van der Waals surface area (Å²) >= 11 is 0. The third kappa shape index (κ3) is 2.86. The Morgan fingerprint density at radius 2 is 2.04 bits per heavy atom. The van der Waals surface area contributed by atoms with Crippen molar-refractivity contribution in [3.63, 3.8) is 0 Å². The number of hydrogen-bond acceptors (Lipinski definition) is 9. The number of H-pyrrole nitrogens is 1. The second kappa shape index (κ2) is 5.43. The minimum atomic E-state index is -5.30. The molecule has 4 N–H and O–H groups in total. The van der Waals surface area contributed by atoms with E-state index in [2.05, 4.69) is 4.98 Å². The molecule has 3 rings (SSSR count). The standard InChI is InChI=1S/C11H17N2O9P/c1-2-19-23(17,18)21-8-6(5-14)20-10(9(8)22-23)13-4-3-7(15)12-11(13)16/h3-4,6,8-10,14,17-18H,2,5H2,1H3,(H,12,15,16)/t6-,8-,9-,10-/m1/s1. The first-order valence-electron chi connectivity index (χ1n) is 6.88. The molecule has 0 aliphatic carbocycles. The van der Waals surface area contributed by atoms with Crippen LogP contribution in [0.3, 0.4) is 0 Å². The third-order valence-electron chi connectivity index (χ3n) is 3.54. The van der Waals surface area contributed by atoms with E-state index in [1.54, 1.807) is 0 Å². The Morgan fingerprint density at radius 3 is 2.65 bits per heavy atom. The van der Waals surface area contributed by atoms with Gasteiger partial charge < -0.3 is 0 Å². The van der Waals surface area contributed by atoms with Crippen LogP contribution in [0.4, 0.5) is 0 Å². The average Bonchev–Trinajstić information content (AvgIpc) is 2.90. The van der Waals surface area contributed by atoms with Crippen molar-refractivity contribution in [2.75, 3.05) is 13.2 Å². The van der Waals surface area contributed by atoms with E-state index in [4.69, 9.17) is 18.3 Å². The van der Waals surface area contributed by atoms with Gasteiger partial charge >= 0.3 is 128 Å². The van der Waals surface area contributed by atoms with Gasteiger partial charge in [-0.1, -0.05) is 0 Å². The fourth-order valence-corrected chi connectivity index (χ4v) is 4.60. The SMILES string of the molecule is CCOP1(O)(O)O[C@@H]2[C@H](O1)[C@@H](CO)O[C@H]2n1ccc(=O)[nH]c1=O. The van der Waals surface area contributed by atoms with Crippen molar-refractivity contribution in [1.82, 2.24) is 9.55 Å². The zero-order valence-corrected chi connectivity index (χ0v) is 13.0. The van der Waals surface area contributed by atoms with Crippen LogP contribution in [0.1, 0.15) is 13.2 Å². The molecular formula is C11H17N2O9P. The van der Waals surface area contributed by atoms with E-state index in [-0.39, 0.29) is 6.61 Å². The third-order valence-corrected chi connectivity index (χ3v) is 5.45. The number of hydrogen-bond donors (Lipinski definition) is 4. The molecule has 0 amide bonds. The van der Waals surface area contributed by atoms with Gasteiger partial charge in [0, 0.05) is 0 Å². The van der Waals surface area contributed by atoms with Gasteiger partial charge in [-0.2, -0.15) is 0 Å². The zero-order chi connectivity index (χ0) is 16.9. The number of nitrogens with zero attached hydrogens (tertiary/aromatic N) is 1. The van der Waals surface area contributed by atoms with Crippen LogP contribution in [0.2, 0.25) is 0 Å². The summed E-state index contributed by atoms with van der Waals surface area (Å²) in [5.41, 5.74) is -1.37. The van der Waals surface area contributed by atoms with Crippen molar-refractivity contribution >= 4 is 7.74 Å². The molecule has 0 unspecified atom stereocenters. The van der Waals surface area contributed by atoms with Crippen LogP contribution < -0.4 is 11.2 Å². The van der Waals surface area contributed by atoms with Crippen molar-refractivity contribution in [3.8, 4) is 0 Å². The predicted molar refractivity (Wildman–Crippen MR) is 75.0 cm³/mol. The van der Waals surface area contributed by atoms with E-state index in [0.717, 1.165) is 10.6 Å². The van der Waals surface area contributed by atoms with Crippen molar-refractivity contribution in [2.45, 2.75) is 31.5 Å². The molecule has 2 aliphatic rings. The molecule has 0 bridgehead atoms. The van der Waals surface area contributed by atoms with Gasteiger partial charge in [-0.25, -0.2) is 0 Å². The molecule has 0 saturated carbocycles. The molecular weight excluding hydrogens is 335 g/mol. The molecule has 1 aromatic heterocycles. The number of nitrogens with one attached hydrogen (secondary N) is 1. The number of ether oxygens (including phenoxy) is 1. The topological polar surface area (TPSA) is 152 Å². The van der Waals surface area contributed by atoms with Crippen LogP contribution in [0.25, 0.3) is 0 Å². The molecule has 0 spiro atoms. The average molecular weight is 352 g/mol. The molecule has 2 saturated heterocycles. The van der Waals surface area contributed by atoms with Gasteiger partial charge in [0.25, 0.3) is 0 Å². The van der Waals surface area contributed by atoms with E-state index in [1.807, 2.05) is 0 Å². The first-order chi connectivity index (χ1) is 10.8. The number of aromatic amines is 1. The summed E-state index contributed by atoms with van der Waals surface area (Å²) in [6.07, 6.45) is -3.09. The Kier molecular flexibility index (Phi) is 3.94. The molecule has 12 heteroatoms. The van der Waals surface area contributed by atoms with Gasteiger partial charge in [-0.3, -0.25) is 0 Å². The van der Waals surface area contributed by atoms with Gasteiger partial charge in [-0.15, -0.1) is 0 Å². The van der Waals surface area contributed by atoms with Crippen LogP contribution in [0.5, 0.6) is 0 Å². The van der Waals surface area contributed by atoms with Gasteiger partial charge in [0.05, 0.1) is 0 Å². The number of rotatable bonds is 4. The summed E-state index contributed by atoms with van der Waals surface area (Å²) in [5, 5.41) is 9.38. The monoisotopic (exact) mass is 352 g/mol. The van der Waals surface area contributed by atoms with Gasteiger partial charge in [-0.05, 0) is 0 Å². The maximum absolute atomic E-state index is 11.9.